The molecule has 1 saturated heterocycles. The minimum absolute atomic E-state index is 0.0649. The average molecular weight is 459 g/mol. The topological polar surface area (TPSA) is 79.3 Å². The third-order valence-electron chi connectivity index (χ3n) is 11.5. The molecule has 7 fully saturated rings. The molecule has 2 N–H and O–H groups in total. The summed E-state index contributed by atoms with van der Waals surface area (Å²) in [5.41, 5.74) is -1.22. The maximum atomic E-state index is 12.3. The largest absolute Gasteiger partial charge is 0.478 e. The number of hydrogen-bond donors (Lipinski definition) is 2. The number of epoxide rings is 1. The molecule has 7 rings (SSSR count). The number of hydrogen-bond acceptors (Lipinski definition) is 4. The fourth-order valence-electron chi connectivity index (χ4n) is 10.4. The van der Waals surface area contributed by atoms with Gasteiger partial charge in [0.25, 0.3) is 0 Å². The fourth-order valence-corrected chi connectivity index (χ4v) is 11.6. The SMILES string of the molecule is C=C(C(=O)O)[C@@]12O[C@@]13CCC1C(C3[C@@H]3C[C@@H]32)[C@H]2C[C@H]2[C@]2(O)C[C@@H](O[Si](C)(C)C)CC[C@]12C. The lowest BCUT2D eigenvalue weighted by atomic mass is 9.44. The molecule has 1 spiro atoms. The van der Waals surface area contributed by atoms with Crippen LogP contribution >= 0.6 is 0 Å². The van der Waals surface area contributed by atoms with Crippen LogP contribution in [0.5, 0.6) is 0 Å². The molecule has 0 aromatic heterocycles. The summed E-state index contributed by atoms with van der Waals surface area (Å²) in [4.78, 5) is 11.9. The van der Waals surface area contributed by atoms with Gasteiger partial charge in [-0.3, -0.25) is 0 Å². The van der Waals surface area contributed by atoms with Crippen LogP contribution in [0.3, 0.4) is 0 Å². The monoisotopic (exact) mass is 458 g/mol. The average Bonchev–Trinajstić information content (AvgIpc) is 3.58. The third-order valence-corrected chi connectivity index (χ3v) is 12.5. The molecule has 5 nitrogen and oxygen atoms in total. The molecule has 7 aliphatic rings. The van der Waals surface area contributed by atoms with E-state index in [2.05, 4.69) is 33.1 Å². The lowest BCUT2D eigenvalue weighted by Crippen LogP contribution is -2.65. The van der Waals surface area contributed by atoms with Crippen molar-refractivity contribution in [1.82, 2.24) is 0 Å². The maximum absolute atomic E-state index is 12.3. The van der Waals surface area contributed by atoms with Crippen LogP contribution in [0.25, 0.3) is 0 Å². The van der Waals surface area contributed by atoms with E-state index in [0.717, 1.165) is 44.9 Å². The smallest absolute Gasteiger partial charge is 0.334 e. The summed E-state index contributed by atoms with van der Waals surface area (Å²) in [6, 6.07) is 0. The Balaban J connectivity index is 1.22. The lowest BCUT2D eigenvalue weighted by Gasteiger charge is -2.63. The standard InChI is InChI=1S/C26H38O5Si/c1-13(22(27)28)26-19-11-16(19)21-20-15-10-18(15)24(29)12-14(30-32(3,4)5)6-8-23(24,2)17(20)7-9-25(21,26)31-26/h14-21,29H,1,6-12H2,2-5H3,(H,27,28)/t14-,15-,16+,17?,18+,19-,20?,21?,23+,24+,25+,26-/m0/s1. The van der Waals surface area contributed by atoms with E-state index in [1.54, 1.807) is 0 Å². The third kappa shape index (κ3) is 2.12. The molecule has 1 heterocycles. The molecule has 32 heavy (non-hydrogen) atoms. The number of ether oxygens (including phenoxy) is 1. The normalized spacial score (nSPS) is 60.7. The highest BCUT2D eigenvalue weighted by Crippen LogP contribution is 2.87. The lowest BCUT2D eigenvalue weighted by molar-refractivity contribution is -0.221. The zero-order valence-electron chi connectivity index (χ0n) is 19.9. The Kier molecular flexibility index (Phi) is 3.60. The molecule has 12 atom stereocenters. The van der Waals surface area contributed by atoms with Crippen molar-refractivity contribution in [3.8, 4) is 0 Å². The molecule has 6 heteroatoms. The first-order valence-electron chi connectivity index (χ1n) is 12.9. The van der Waals surface area contributed by atoms with E-state index in [9.17, 15) is 15.0 Å². The summed E-state index contributed by atoms with van der Waals surface area (Å²) >= 11 is 0. The second kappa shape index (κ2) is 5.58. The Morgan fingerprint density at radius 2 is 1.81 bits per heavy atom. The Hall–Kier alpha value is -0.693. The minimum Gasteiger partial charge on any atom is -0.478 e. The van der Waals surface area contributed by atoms with Crippen LogP contribution in [0.2, 0.25) is 19.6 Å². The summed E-state index contributed by atoms with van der Waals surface area (Å²) < 4.78 is 13.0. The summed E-state index contributed by atoms with van der Waals surface area (Å²) in [5.74, 6) is 2.60. The van der Waals surface area contributed by atoms with Crippen LogP contribution in [-0.4, -0.2) is 47.4 Å². The summed E-state index contributed by atoms with van der Waals surface area (Å²) in [6.45, 7) is 13.1. The first-order valence-corrected chi connectivity index (χ1v) is 16.3. The summed E-state index contributed by atoms with van der Waals surface area (Å²) in [5, 5.41) is 22.0. The van der Waals surface area contributed by atoms with Gasteiger partial charge < -0.3 is 19.4 Å². The fraction of sp³-hybridized carbons (Fsp3) is 0.885. The molecule has 0 radical (unpaired) electrons. The van der Waals surface area contributed by atoms with Gasteiger partial charge in [0, 0.05) is 12.5 Å². The van der Waals surface area contributed by atoms with Crippen molar-refractivity contribution in [2.45, 2.75) is 94.4 Å². The molecule has 0 amide bonds. The van der Waals surface area contributed by atoms with Crippen molar-refractivity contribution in [3.63, 3.8) is 0 Å². The van der Waals surface area contributed by atoms with Crippen molar-refractivity contribution >= 4 is 14.3 Å². The van der Waals surface area contributed by atoms with Crippen molar-refractivity contribution in [3.05, 3.63) is 12.2 Å². The van der Waals surface area contributed by atoms with Crippen LogP contribution in [0.4, 0.5) is 0 Å². The second-order valence-electron chi connectivity index (χ2n) is 13.7. The number of aliphatic hydroxyl groups is 1. The number of carbonyl (C=O) groups is 1. The predicted molar refractivity (Wildman–Crippen MR) is 121 cm³/mol. The van der Waals surface area contributed by atoms with Gasteiger partial charge in [0.05, 0.1) is 11.2 Å². The van der Waals surface area contributed by atoms with Gasteiger partial charge in [0.15, 0.2) is 8.32 Å². The zero-order chi connectivity index (χ0) is 22.6. The van der Waals surface area contributed by atoms with Gasteiger partial charge in [-0.1, -0.05) is 13.5 Å². The van der Waals surface area contributed by atoms with E-state index in [1.165, 1.54) is 0 Å². The second-order valence-corrected chi connectivity index (χ2v) is 18.2. The molecule has 1 aliphatic heterocycles. The van der Waals surface area contributed by atoms with E-state index in [1.807, 2.05) is 0 Å². The van der Waals surface area contributed by atoms with Crippen molar-refractivity contribution < 1.29 is 24.2 Å². The molecule has 0 aromatic carbocycles. The van der Waals surface area contributed by atoms with Gasteiger partial charge in [-0.2, -0.15) is 0 Å². The number of aliphatic carboxylic acids is 1. The first kappa shape index (κ1) is 20.7. The van der Waals surface area contributed by atoms with E-state index in [0.29, 0.717) is 47.0 Å². The summed E-state index contributed by atoms with van der Waals surface area (Å²) in [6.07, 6.45) is 7.33. The van der Waals surface area contributed by atoms with Crippen molar-refractivity contribution in [2.75, 3.05) is 0 Å². The molecule has 0 bridgehead atoms. The minimum atomic E-state index is -1.64. The van der Waals surface area contributed by atoms with Crippen molar-refractivity contribution in [1.29, 1.82) is 0 Å². The van der Waals surface area contributed by atoms with E-state index in [-0.39, 0.29) is 17.1 Å². The van der Waals surface area contributed by atoms with Gasteiger partial charge in [-0.15, -0.1) is 0 Å². The molecule has 0 aromatic rings. The Morgan fingerprint density at radius 3 is 2.50 bits per heavy atom. The van der Waals surface area contributed by atoms with Crippen LogP contribution < -0.4 is 0 Å². The quantitative estimate of drug-likeness (QED) is 0.375. The maximum Gasteiger partial charge on any atom is 0.334 e. The summed E-state index contributed by atoms with van der Waals surface area (Å²) in [7, 11) is -1.64. The van der Waals surface area contributed by atoms with Crippen LogP contribution in [0.15, 0.2) is 12.2 Å². The first-order chi connectivity index (χ1) is 14.9. The number of carboxylic acids is 1. The number of fused-ring (bicyclic) bond motifs is 10. The molecular formula is C26H38O5Si. The Morgan fingerprint density at radius 1 is 1.09 bits per heavy atom. The highest BCUT2D eigenvalue weighted by atomic mass is 28.4. The zero-order valence-corrected chi connectivity index (χ0v) is 20.9. The molecule has 3 unspecified atom stereocenters. The Labute approximate surface area is 192 Å². The number of rotatable bonds is 4. The highest BCUT2D eigenvalue weighted by Gasteiger charge is 2.92. The van der Waals surface area contributed by atoms with Gasteiger partial charge in [0.2, 0.25) is 0 Å². The van der Waals surface area contributed by atoms with E-state index in [4.69, 9.17) is 9.16 Å². The van der Waals surface area contributed by atoms with E-state index < -0.39 is 25.5 Å². The van der Waals surface area contributed by atoms with Gasteiger partial charge >= 0.3 is 5.97 Å². The van der Waals surface area contributed by atoms with Gasteiger partial charge in [-0.25, -0.2) is 4.79 Å². The Bertz CT molecular complexity index is 943. The van der Waals surface area contributed by atoms with Crippen LogP contribution in [0.1, 0.15) is 51.9 Å². The predicted octanol–water partition coefficient (Wildman–Crippen LogP) is 4.22. The molecule has 6 aliphatic carbocycles. The van der Waals surface area contributed by atoms with Gasteiger partial charge in [-0.05, 0) is 105 Å². The molecular weight excluding hydrogens is 420 g/mol. The molecule has 6 saturated carbocycles. The van der Waals surface area contributed by atoms with E-state index >= 15 is 0 Å². The molecule has 176 valence electrons. The highest BCUT2D eigenvalue weighted by molar-refractivity contribution is 6.69. The van der Waals surface area contributed by atoms with Crippen molar-refractivity contribution in [2.24, 2.45) is 46.8 Å². The van der Waals surface area contributed by atoms with Gasteiger partial charge in [0.1, 0.15) is 11.2 Å². The van der Waals surface area contributed by atoms with Crippen LogP contribution in [-0.2, 0) is 14.0 Å². The van der Waals surface area contributed by atoms with Crippen LogP contribution in [0, 0.1) is 46.8 Å². The number of carboxylic acid groups (broad SMARTS) is 1.